The van der Waals surface area contributed by atoms with Gasteiger partial charge in [0.2, 0.25) is 0 Å². The lowest BCUT2D eigenvalue weighted by Gasteiger charge is -2.54. The molecule has 1 N–H and O–H groups in total. The smallest absolute Gasteiger partial charge is 0.272 e. The Labute approximate surface area is 158 Å². The quantitative estimate of drug-likeness (QED) is 0.877. The van der Waals surface area contributed by atoms with Crippen LogP contribution in [0.4, 0.5) is 0 Å². The lowest BCUT2D eigenvalue weighted by molar-refractivity contribution is -0.0120. The monoisotopic (exact) mass is 369 g/mol. The van der Waals surface area contributed by atoms with E-state index in [4.69, 9.17) is 11.6 Å². The number of carbonyl (C=O) groups is 1. The van der Waals surface area contributed by atoms with Gasteiger partial charge in [0.25, 0.3) is 5.91 Å². The van der Waals surface area contributed by atoms with E-state index in [-0.39, 0.29) is 5.91 Å². The van der Waals surface area contributed by atoms with E-state index < -0.39 is 0 Å². The highest BCUT2D eigenvalue weighted by Crippen LogP contribution is 2.53. The normalized spacial score (nSPS) is 32.0. The summed E-state index contributed by atoms with van der Waals surface area (Å²) in [5, 5.41) is 8.46. The molecule has 6 rings (SSSR count). The van der Waals surface area contributed by atoms with Crippen molar-refractivity contribution in [3.63, 3.8) is 0 Å². The van der Waals surface area contributed by atoms with Crippen LogP contribution >= 0.6 is 11.6 Å². The minimum absolute atomic E-state index is 0.0450. The molecular weight excluding hydrogens is 346 g/mol. The van der Waals surface area contributed by atoms with Crippen LogP contribution in [0.15, 0.2) is 30.3 Å². The third-order valence-electron chi connectivity index (χ3n) is 6.79. The Bertz CT molecular complexity index is 831. The number of nitrogens with zero attached hydrogens (tertiary/aromatic N) is 2. The van der Waals surface area contributed by atoms with E-state index in [0.717, 1.165) is 23.1 Å². The number of halogens is 1. The Kier molecular flexibility index (Phi) is 3.85. The molecule has 0 spiro atoms. The van der Waals surface area contributed by atoms with Gasteiger partial charge >= 0.3 is 0 Å². The molecule has 1 aromatic heterocycles. The molecule has 1 heterocycles. The molecule has 4 saturated carbocycles. The highest BCUT2D eigenvalue weighted by atomic mass is 35.5. The molecule has 0 saturated heterocycles. The van der Waals surface area contributed by atoms with Crippen LogP contribution < -0.4 is 5.32 Å². The molecule has 1 aromatic carbocycles. The molecule has 0 aliphatic heterocycles. The van der Waals surface area contributed by atoms with Crippen LogP contribution in [-0.2, 0) is 7.05 Å². The van der Waals surface area contributed by atoms with Gasteiger partial charge in [-0.2, -0.15) is 5.10 Å². The van der Waals surface area contributed by atoms with E-state index in [1.54, 1.807) is 4.68 Å². The second-order valence-corrected chi connectivity index (χ2v) is 8.86. The zero-order valence-electron chi connectivity index (χ0n) is 15.0. The second-order valence-electron chi connectivity index (χ2n) is 8.45. The van der Waals surface area contributed by atoms with Crippen LogP contribution in [0.2, 0.25) is 5.02 Å². The van der Waals surface area contributed by atoms with Crippen molar-refractivity contribution in [2.24, 2.45) is 30.7 Å². The molecule has 2 aromatic rings. The topological polar surface area (TPSA) is 46.9 Å². The van der Waals surface area contributed by atoms with Gasteiger partial charge in [-0.3, -0.25) is 9.48 Å². The average Bonchev–Trinajstić information content (AvgIpc) is 2.99. The summed E-state index contributed by atoms with van der Waals surface area (Å²) in [7, 11) is 1.86. The van der Waals surface area contributed by atoms with Gasteiger partial charge in [-0.1, -0.05) is 29.8 Å². The molecule has 136 valence electrons. The van der Waals surface area contributed by atoms with Crippen molar-refractivity contribution in [1.82, 2.24) is 15.1 Å². The van der Waals surface area contributed by atoms with Gasteiger partial charge in [0, 0.05) is 23.7 Å². The average molecular weight is 370 g/mol. The summed E-state index contributed by atoms with van der Waals surface area (Å²) < 4.78 is 1.74. The van der Waals surface area contributed by atoms with Gasteiger partial charge in [-0.15, -0.1) is 0 Å². The second kappa shape index (κ2) is 6.12. The number of rotatable bonds is 3. The maximum absolute atomic E-state index is 12.9. The first-order valence-corrected chi connectivity index (χ1v) is 10.1. The minimum Gasteiger partial charge on any atom is -0.347 e. The van der Waals surface area contributed by atoms with E-state index >= 15 is 0 Å². The van der Waals surface area contributed by atoms with Gasteiger partial charge in [0.05, 0.1) is 5.69 Å². The third kappa shape index (κ3) is 2.66. The number of aromatic nitrogens is 2. The van der Waals surface area contributed by atoms with Gasteiger partial charge in [-0.05, 0) is 67.9 Å². The van der Waals surface area contributed by atoms with Gasteiger partial charge < -0.3 is 5.32 Å². The molecule has 4 bridgehead atoms. The molecule has 5 heteroatoms. The van der Waals surface area contributed by atoms with E-state index in [0.29, 0.717) is 28.6 Å². The maximum Gasteiger partial charge on any atom is 0.272 e. The van der Waals surface area contributed by atoms with E-state index in [2.05, 4.69) is 10.4 Å². The Morgan fingerprint density at radius 2 is 1.77 bits per heavy atom. The Morgan fingerprint density at radius 1 is 1.12 bits per heavy atom. The summed E-state index contributed by atoms with van der Waals surface area (Å²) in [4.78, 5) is 12.9. The SMILES string of the molecule is Cn1nc(C(=O)NC2C3CC4CC(C3)CC2C4)cc1-c1ccccc1Cl. The lowest BCUT2D eigenvalue weighted by Crippen LogP contribution is -2.55. The van der Waals surface area contributed by atoms with Crippen LogP contribution in [-0.4, -0.2) is 21.7 Å². The molecule has 4 nitrogen and oxygen atoms in total. The Morgan fingerprint density at radius 3 is 2.42 bits per heavy atom. The first-order valence-electron chi connectivity index (χ1n) is 9.68. The molecule has 26 heavy (non-hydrogen) atoms. The van der Waals surface area contributed by atoms with Crippen LogP contribution in [0.1, 0.15) is 42.6 Å². The van der Waals surface area contributed by atoms with Crippen molar-refractivity contribution in [3.8, 4) is 11.3 Å². The van der Waals surface area contributed by atoms with E-state index in [1.165, 1.54) is 32.1 Å². The molecule has 0 radical (unpaired) electrons. The molecule has 4 fully saturated rings. The van der Waals surface area contributed by atoms with Crippen molar-refractivity contribution in [3.05, 3.63) is 41.0 Å². The summed E-state index contributed by atoms with van der Waals surface area (Å²) >= 11 is 6.32. The van der Waals surface area contributed by atoms with Crippen LogP contribution in [0.3, 0.4) is 0 Å². The first kappa shape index (κ1) is 16.4. The van der Waals surface area contributed by atoms with Crippen molar-refractivity contribution >= 4 is 17.5 Å². The maximum atomic E-state index is 12.9. The van der Waals surface area contributed by atoms with Crippen LogP contribution in [0.25, 0.3) is 11.3 Å². The van der Waals surface area contributed by atoms with Crippen LogP contribution in [0, 0.1) is 23.7 Å². The Hall–Kier alpha value is -1.81. The van der Waals surface area contributed by atoms with Gasteiger partial charge in [-0.25, -0.2) is 0 Å². The summed E-state index contributed by atoms with van der Waals surface area (Å²) in [6.07, 6.45) is 6.61. The van der Waals surface area contributed by atoms with E-state index in [1.807, 2.05) is 37.4 Å². The lowest BCUT2D eigenvalue weighted by atomic mass is 9.54. The van der Waals surface area contributed by atoms with Crippen molar-refractivity contribution in [1.29, 1.82) is 0 Å². The number of carbonyl (C=O) groups excluding carboxylic acids is 1. The highest BCUT2D eigenvalue weighted by molar-refractivity contribution is 6.33. The van der Waals surface area contributed by atoms with Crippen molar-refractivity contribution < 1.29 is 4.79 Å². The molecule has 0 atom stereocenters. The first-order chi connectivity index (χ1) is 12.6. The Balaban J connectivity index is 1.37. The van der Waals surface area contributed by atoms with Crippen LogP contribution in [0.5, 0.6) is 0 Å². The summed E-state index contributed by atoms with van der Waals surface area (Å²) in [6, 6.07) is 9.86. The number of hydrogen-bond donors (Lipinski definition) is 1. The molecule has 4 aliphatic rings. The van der Waals surface area contributed by atoms with Crippen molar-refractivity contribution in [2.45, 2.75) is 38.1 Å². The number of nitrogens with one attached hydrogen (secondary N) is 1. The molecule has 0 unspecified atom stereocenters. The summed E-state index contributed by atoms with van der Waals surface area (Å²) in [6.45, 7) is 0. The summed E-state index contributed by atoms with van der Waals surface area (Å²) in [5.74, 6) is 3.11. The number of hydrogen-bond acceptors (Lipinski definition) is 2. The van der Waals surface area contributed by atoms with Gasteiger partial charge in [0.15, 0.2) is 5.69 Å². The molecule has 4 aliphatic carbocycles. The van der Waals surface area contributed by atoms with Gasteiger partial charge in [0.1, 0.15) is 0 Å². The minimum atomic E-state index is -0.0450. The standard InChI is InChI=1S/C21H24ClN3O/c1-25-19(16-4-2-3-5-17(16)22)11-18(24-25)21(26)23-20-14-7-12-6-13(9-14)10-15(20)8-12/h2-5,11-15,20H,6-10H2,1H3,(H,23,26). The van der Waals surface area contributed by atoms with Crippen molar-refractivity contribution in [2.75, 3.05) is 0 Å². The fourth-order valence-electron chi connectivity index (χ4n) is 5.89. The third-order valence-corrected chi connectivity index (χ3v) is 7.12. The highest BCUT2D eigenvalue weighted by Gasteiger charge is 2.48. The summed E-state index contributed by atoms with van der Waals surface area (Å²) in [5.41, 5.74) is 2.25. The zero-order valence-corrected chi connectivity index (χ0v) is 15.7. The fourth-order valence-corrected chi connectivity index (χ4v) is 6.12. The zero-order chi connectivity index (χ0) is 17.8. The predicted octanol–water partition coefficient (Wildman–Crippen LogP) is 4.30. The predicted molar refractivity (Wildman–Crippen MR) is 102 cm³/mol. The number of benzene rings is 1. The fraction of sp³-hybridized carbons (Fsp3) is 0.524. The molecular formula is C21H24ClN3O. The largest absolute Gasteiger partial charge is 0.347 e. The number of aryl methyl sites for hydroxylation is 1. The number of amides is 1. The molecule has 1 amide bonds. The van der Waals surface area contributed by atoms with E-state index in [9.17, 15) is 4.79 Å².